The van der Waals surface area contributed by atoms with E-state index in [2.05, 4.69) is 4.98 Å². The van der Waals surface area contributed by atoms with Gasteiger partial charge < -0.3 is 14.4 Å². The number of hydrogen-bond acceptors (Lipinski definition) is 5. The number of aryl methyl sites for hydroxylation is 1. The summed E-state index contributed by atoms with van der Waals surface area (Å²) in [7, 11) is 1.65. The number of carbonyl (C=O) groups is 1. The van der Waals surface area contributed by atoms with E-state index < -0.39 is 0 Å². The zero-order valence-electron chi connectivity index (χ0n) is 16.9. The topological polar surface area (TPSA) is 51.7 Å². The van der Waals surface area contributed by atoms with Crippen molar-refractivity contribution in [2.45, 2.75) is 32.4 Å². The zero-order valence-corrected chi connectivity index (χ0v) is 17.7. The standard InChI is InChI=1S/C23H23FN2O3S/c1-15-22(30-21(25-15)14-29-18-10-8-17(24)9-11-18)23(27)26-12-4-7-20(26)16-5-3-6-19(13-16)28-2/h3,5-6,8-11,13,20H,4,7,12,14H2,1-2H3. The van der Waals surface area contributed by atoms with Crippen LogP contribution in [0.1, 0.15) is 44.8 Å². The second-order valence-corrected chi connectivity index (χ2v) is 8.28. The van der Waals surface area contributed by atoms with E-state index in [1.165, 1.54) is 23.5 Å². The Kier molecular flexibility index (Phi) is 5.99. The molecule has 7 heteroatoms. The maximum atomic E-state index is 13.3. The van der Waals surface area contributed by atoms with Crippen molar-refractivity contribution in [1.82, 2.24) is 9.88 Å². The molecule has 0 aliphatic carbocycles. The zero-order chi connectivity index (χ0) is 21.1. The lowest BCUT2D eigenvalue weighted by Gasteiger charge is -2.25. The van der Waals surface area contributed by atoms with Crippen molar-refractivity contribution >= 4 is 17.2 Å². The van der Waals surface area contributed by atoms with E-state index in [0.717, 1.165) is 35.7 Å². The summed E-state index contributed by atoms with van der Waals surface area (Å²) in [6.45, 7) is 2.81. The fourth-order valence-corrected chi connectivity index (χ4v) is 4.66. The molecule has 0 bridgehead atoms. The van der Waals surface area contributed by atoms with Gasteiger partial charge in [-0.3, -0.25) is 4.79 Å². The minimum atomic E-state index is -0.309. The van der Waals surface area contributed by atoms with E-state index >= 15 is 0 Å². The molecular formula is C23H23FN2O3S. The van der Waals surface area contributed by atoms with Crippen LogP contribution in [0.3, 0.4) is 0 Å². The van der Waals surface area contributed by atoms with Crippen molar-refractivity contribution in [2.24, 2.45) is 0 Å². The van der Waals surface area contributed by atoms with Gasteiger partial charge in [0, 0.05) is 6.54 Å². The third kappa shape index (κ3) is 4.31. The molecule has 1 aliphatic heterocycles. The molecule has 0 saturated carbocycles. The number of ether oxygens (including phenoxy) is 2. The van der Waals surface area contributed by atoms with Crippen LogP contribution in [0, 0.1) is 12.7 Å². The Morgan fingerprint density at radius 1 is 1.23 bits per heavy atom. The second kappa shape index (κ2) is 8.83. The highest BCUT2D eigenvalue weighted by molar-refractivity contribution is 7.13. The van der Waals surface area contributed by atoms with Crippen molar-refractivity contribution < 1.29 is 18.7 Å². The van der Waals surface area contributed by atoms with Crippen molar-refractivity contribution in [1.29, 1.82) is 0 Å². The van der Waals surface area contributed by atoms with E-state index in [1.807, 2.05) is 36.1 Å². The highest BCUT2D eigenvalue weighted by Crippen LogP contribution is 2.35. The Morgan fingerprint density at radius 3 is 2.80 bits per heavy atom. The average Bonchev–Trinajstić information content (AvgIpc) is 3.40. The van der Waals surface area contributed by atoms with Gasteiger partial charge in [0.2, 0.25) is 0 Å². The summed E-state index contributed by atoms with van der Waals surface area (Å²) in [5.41, 5.74) is 1.79. The van der Waals surface area contributed by atoms with Gasteiger partial charge in [-0.05, 0) is 61.7 Å². The molecule has 0 N–H and O–H groups in total. The van der Waals surface area contributed by atoms with Crippen LogP contribution in [0.15, 0.2) is 48.5 Å². The number of aromatic nitrogens is 1. The van der Waals surface area contributed by atoms with Crippen LogP contribution in [0.5, 0.6) is 11.5 Å². The summed E-state index contributed by atoms with van der Waals surface area (Å²) < 4.78 is 24.0. The van der Waals surface area contributed by atoms with E-state index in [1.54, 1.807) is 19.2 Å². The number of rotatable bonds is 6. The van der Waals surface area contributed by atoms with Crippen molar-refractivity contribution in [3.63, 3.8) is 0 Å². The highest BCUT2D eigenvalue weighted by atomic mass is 32.1. The van der Waals surface area contributed by atoms with Crippen LogP contribution in [-0.4, -0.2) is 29.4 Å². The van der Waals surface area contributed by atoms with Gasteiger partial charge in [0.1, 0.15) is 33.8 Å². The fraction of sp³-hybridized carbons (Fsp3) is 0.304. The van der Waals surface area contributed by atoms with Crippen molar-refractivity contribution in [2.75, 3.05) is 13.7 Å². The van der Waals surface area contributed by atoms with Crippen molar-refractivity contribution in [3.8, 4) is 11.5 Å². The van der Waals surface area contributed by atoms with Gasteiger partial charge in [-0.1, -0.05) is 12.1 Å². The Balaban J connectivity index is 1.49. The van der Waals surface area contributed by atoms with E-state index in [4.69, 9.17) is 9.47 Å². The first-order valence-electron chi connectivity index (χ1n) is 9.84. The first-order chi connectivity index (χ1) is 14.5. The summed E-state index contributed by atoms with van der Waals surface area (Å²) in [6, 6.07) is 13.8. The Morgan fingerprint density at radius 2 is 2.03 bits per heavy atom. The first-order valence-corrected chi connectivity index (χ1v) is 10.7. The molecule has 2 aromatic carbocycles. The lowest BCUT2D eigenvalue weighted by molar-refractivity contribution is 0.0739. The van der Waals surface area contributed by atoms with Gasteiger partial charge in [-0.2, -0.15) is 0 Å². The molecule has 1 saturated heterocycles. The van der Waals surface area contributed by atoms with E-state index in [-0.39, 0.29) is 24.4 Å². The Hall–Kier alpha value is -2.93. The van der Waals surface area contributed by atoms with E-state index in [0.29, 0.717) is 16.3 Å². The molecular weight excluding hydrogens is 403 g/mol. The first kappa shape index (κ1) is 20.3. The molecule has 2 heterocycles. The highest BCUT2D eigenvalue weighted by Gasteiger charge is 2.32. The van der Waals surface area contributed by atoms with Gasteiger partial charge >= 0.3 is 0 Å². The predicted molar refractivity (Wildman–Crippen MR) is 114 cm³/mol. The Bertz CT molecular complexity index is 1040. The Labute approximate surface area is 179 Å². The van der Waals surface area contributed by atoms with Gasteiger partial charge in [0.15, 0.2) is 0 Å². The molecule has 1 atom stereocenters. The van der Waals surface area contributed by atoms with Crippen LogP contribution in [0.2, 0.25) is 0 Å². The lowest BCUT2D eigenvalue weighted by Crippen LogP contribution is -2.30. The van der Waals surface area contributed by atoms with Crippen LogP contribution in [0.25, 0.3) is 0 Å². The van der Waals surface area contributed by atoms with Crippen molar-refractivity contribution in [3.05, 3.63) is 75.5 Å². The van der Waals surface area contributed by atoms with Gasteiger partial charge in [-0.25, -0.2) is 9.37 Å². The number of amides is 1. The second-order valence-electron chi connectivity index (χ2n) is 7.20. The molecule has 4 rings (SSSR count). The molecule has 1 unspecified atom stereocenters. The van der Waals surface area contributed by atoms with Crippen LogP contribution >= 0.6 is 11.3 Å². The number of hydrogen-bond donors (Lipinski definition) is 0. The number of likely N-dealkylation sites (tertiary alicyclic amines) is 1. The van der Waals surface area contributed by atoms with E-state index in [9.17, 15) is 9.18 Å². The smallest absolute Gasteiger partial charge is 0.266 e. The lowest BCUT2D eigenvalue weighted by atomic mass is 10.0. The molecule has 0 radical (unpaired) electrons. The molecule has 1 aromatic heterocycles. The number of methoxy groups -OCH3 is 1. The third-order valence-corrected chi connectivity index (χ3v) is 6.32. The van der Waals surface area contributed by atoms with Gasteiger partial charge in [0.25, 0.3) is 5.91 Å². The average molecular weight is 427 g/mol. The largest absolute Gasteiger partial charge is 0.497 e. The number of carbonyl (C=O) groups excluding carboxylic acids is 1. The summed E-state index contributed by atoms with van der Waals surface area (Å²) in [6.07, 6.45) is 1.89. The molecule has 0 spiro atoms. The van der Waals surface area contributed by atoms with Crippen LogP contribution in [0.4, 0.5) is 4.39 Å². The number of halogens is 1. The molecule has 1 amide bonds. The number of nitrogens with zero attached hydrogens (tertiary/aromatic N) is 2. The normalized spacial score (nSPS) is 16.0. The minimum absolute atomic E-state index is 0.00310. The fourth-order valence-electron chi connectivity index (χ4n) is 3.72. The SMILES string of the molecule is COc1cccc(C2CCCN2C(=O)c2sc(COc3ccc(F)cc3)nc2C)c1. The minimum Gasteiger partial charge on any atom is -0.497 e. The molecule has 5 nitrogen and oxygen atoms in total. The maximum Gasteiger partial charge on any atom is 0.266 e. The molecule has 156 valence electrons. The van der Waals surface area contributed by atoms with Gasteiger partial charge in [-0.15, -0.1) is 11.3 Å². The maximum absolute atomic E-state index is 13.3. The molecule has 1 aliphatic rings. The molecule has 30 heavy (non-hydrogen) atoms. The number of thiazole rings is 1. The summed E-state index contributed by atoms with van der Waals surface area (Å²) in [5, 5.41) is 0.720. The van der Waals surface area contributed by atoms with Crippen LogP contribution in [-0.2, 0) is 6.61 Å². The molecule has 1 fully saturated rings. The summed E-state index contributed by atoms with van der Waals surface area (Å²) >= 11 is 1.36. The number of benzene rings is 2. The monoisotopic (exact) mass is 426 g/mol. The third-order valence-electron chi connectivity index (χ3n) is 5.20. The molecule has 3 aromatic rings. The summed E-state index contributed by atoms with van der Waals surface area (Å²) in [4.78, 5) is 20.4. The summed E-state index contributed by atoms with van der Waals surface area (Å²) in [5.74, 6) is 1.05. The van der Waals surface area contributed by atoms with Gasteiger partial charge in [0.05, 0.1) is 18.8 Å². The predicted octanol–water partition coefficient (Wildman–Crippen LogP) is 5.16. The quantitative estimate of drug-likeness (QED) is 0.547. The van der Waals surface area contributed by atoms with Crippen LogP contribution < -0.4 is 9.47 Å².